The largest absolute Gasteiger partial charge is 0.243 e. The van der Waals surface area contributed by atoms with E-state index in [9.17, 15) is 0 Å². The molecule has 0 aliphatic rings. The Hall–Kier alpha value is -2.77. The predicted molar refractivity (Wildman–Crippen MR) is 105 cm³/mol. The number of hydrogen-bond donors (Lipinski definition) is 0. The molecule has 122 valence electrons. The summed E-state index contributed by atoms with van der Waals surface area (Å²) in [6, 6.07) is 14.7. The third-order valence-corrected chi connectivity index (χ3v) is 5.38. The minimum absolute atomic E-state index is 0.0267. The Morgan fingerprint density at radius 2 is 1.84 bits per heavy atom. The molecule has 0 N–H and O–H groups in total. The van der Waals surface area contributed by atoms with E-state index in [1.165, 1.54) is 27.7 Å². The predicted octanol–water partition coefficient (Wildman–Crippen LogP) is 6.36. The van der Waals surface area contributed by atoms with Crippen LogP contribution in [0.1, 0.15) is 26.3 Å². The van der Waals surface area contributed by atoms with Crippen molar-refractivity contribution in [2.24, 2.45) is 0 Å². The Bertz CT molecular complexity index is 1140. The average molecular weight is 343 g/mol. The third-order valence-electron chi connectivity index (χ3n) is 4.35. The number of fused-ring (bicyclic) bond motifs is 2. The summed E-state index contributed by atoms with van der Waals surface area (Å²) >= 11 is 1.46. The van der Waals surface area contributed by atoms with Gasteiger partial charge in [-0.1, -0.05) is 45.0 Å². The highest BCUT2D eigenvalue weighted by Gasteiger charge is 2.19. The van der Waals surface area contributed by atoms with Crippen molar-refractivity contribution in [2.45, 2.75) is 26.2 Å². The van der Waals surface area contributed by atoms with E-state index in [-0.39, 0.29) is 5.41 Å². The zero-order chi connectivity index (χ0) is 17.6. The van der Waals surface area contributed by atoms with Gasteiger partial charge in [0.25, 0.3) is 0 Å². The van der Waals surface area contributed by atoms with Crippen LogP contribution in [-0.2, 0) is 5.41 Å². The van der Waals surface area contributed by atoms with E-state index in [2.05, 4.69) is 72.0 Å². The highest BCUT2D eigenvalue weighted by molar-refractivity contribution is 7.23. The van der Waals surface area contributed by atoms with Crippen LogP contribution in [0.15, 0.2) is 48.8 Å². The van der Waals surface area contributed by atoms with Gasteiger partial charge in [-0.2, -0.15) is 0 Å². The SMILES string of the molecule is [C-]#[N+]c1cc2ncnc(-c3cc(C(C)(C)C)c4ccccc4c3)c2s1. The summed E-state index contributed by atoms with van der Waals surface area (Å²) in [7, 11) is 0. The molecule has 2 aromatic carbocycles. The first-order valence-electron chi connectivity index (χ1n) is 8.13. The molecule has 4 heteroatoms. The molecule has 0 unspecified atom stereocenters. The van der Waals surface area contributed by atoms with Crippen molar-refractivity contribution in [3.8, 4) is 11.3 Å². The minimum atomic E-state index is 0.0267. The molecule has 0 aliphatic heterocycles. The van der Waals surface area contributed by atoms with Crippen LogP contribution in [0.2, 0.25) is 0 Å². The second kappa shape index (κ2) is 5.65. The van der Waals surface area contributed by atoms with E-state index < -0.39 is 0 Å². The summed E-state index contributed by atoms with van der Waals surface area (Å²) in [5.74, 6) is 0. The van der Waals surface area contributed by atoms with Crippen molar-refractivity contribution in [1.29, 1.82) is 0 Å². The Kier molecular flexibility index (Phi) is 3.55. The fourth-order valence-electron chi connectivity index (χ4n) is 3.17. The number of aromatic nitrogens is 2. The molecule has 0 bridgehead atoms. The molecule has 25 heavy (non-hydrogen) atoms. The van der Waals surface area contributed by atoms with E-state index in [1.54, 1.807) is 6.33 Å². The van der Waals surface area contributed by atoms with Crippen molar-refractivity contribution in [3.05, 3.63) is 65.8 Å². The van der Waals surface area contributed by atoms with Crippen LogP contribution >= 0.6 is 11.3 Å². The Morgan fingerprint density at radius 1 is 1.04 bits per heavy atom. The van der Waals surface area contributed by atoms with Gasteiger partial charge in [0.15, 0.2) is 0 Å². The van der Waals surface area contributed by atoms with Crippen LogP contribution in [-0.4, -0.2) is 9.97 Å². The van der Waals surface area contributed by atoms with Crippen molar-refractivity contribution in [3.63, 3.8) is 0 Å². The van der Waals surface area contributed by atoms with Crippen LogP contribution in [0.25, 0.3) is 37.1 Å². The summed E-state index contributed by atoms with van der Waals surface area (Å²) in [6.45, 7) is 14.0. The molecule has 0 radical (unpaired) electrons. The molecule has 0 aliphatic carbocycles. The van der Waals surface area contributed by atoms with Gasteiger partial charge in [-0.05, 0) is 39.9 Å². The molecule has 2 aromatic heterocycles. The molecule has 4 rings (SSSR count). The lowest BCUT2D eigenvalue weighted by Gasteiger charge is -2.22. The fraction of sp³-hybridized carbons (Fsp3) is 0.190. The topological polar surface area (TPSA) is 30.1 Å². The van der Waals surface area contributed by atoms with Gasteiger partial charge >= 0.3 is 0 Å². The molecule has 4 aromatic rings. The maximum absolute atomic E-state index is 7.26. The standard InChI is InChI=1S/C21H17N3S/c1-21(2,3)16-10-14(9-13-7-5-6-8-15(13)16)19-20-17(23-12-24-19)11-18(22-4)25-20/h5-12H,1-3H3. The van der Waals surface area contributed by atoms with Crippen molar-refractivity contribution < 1.29 is 0 Å². The van der Waals surface area contributed by atoms with Crippen LogP contribution in [0.5, 0.6) is 0 Å². The van der Waals surface area contributed by atoms with Crippen LogP contribution in [0.3, 0.4) is 0 Å². The molecular formula is C21H17N3S. The van der Waals surface area contributed by atoms with Crippen LogP contribution < -0.4 is 0 Å². The van der Waals surface area contributed by atoms with E-state index >= 15 is 0 Å². The number of nitrogens with zero attached hydrogens (tertiary/aromatic N) is 3. The lowest BCUT2D eigenvalue weighted by atomic mass is 9.82. The van der Waals surface area contributed by atoms with E-state index in [0.29, 0.717) is 5.00 Å². The maximum Gasteiger partial charge on any atom is 0.243 e. The maximum atomic E-state index is 7.26. The fourth-order valence-corrected chi connectivity index (χ4v) is 4.08. The normalized spacial score (nSPS) is 11.8. The van der Waals surface area contributed by atoms with Gasteiger partial charge in [-0.3, -0.25) is 0 Å². The second-order valence-electron chi connectivity index (χ2n) is 7.13. The number of rotatable bonds is 1. The number of thiophene rings is 1. The summed E-state index contributed by atoms with van der Waals surface area (Å²) in [5.41, 5.74) is 4.15. The van der Waals surface area contributed by atoms with Crippen molar-refractivity contribution >= 4 is 37.3 Å². The Balaban J connectivity index is 2.06. The first kappa shape index (κ1) is 15.7. The zero-order valence-corrected chi connectivity index (χ0v) is 15.2. The Labute approximate surface area is 150 Å². The van der Waals surface area contributed by atoms with Crippen molar-refractivity contribution in [2.75, 3.05) is 0 Å². The highest BCUT2D eigenvalue weighted by atomic mass is 32.1. The van der Waals surface area contributed by atoms with Gasteiger partial charge in [0.05, 0.1) is 22.5 Å². The molecule has 0 saturated heterocycles. The summed E-state index contributed by atoms with van der Waals surface area (Å²) in [6.07, 6.45) is 1.59. The molecule has 3 nitrogen and oxygen atoms in total. The third kappa shape index (κ3) is 2.67. The smallest absolute Gasteiger partial charge is 0.237 e. The molecule has 0 amide bonds. The molecule has 0 fully saturated rings. The van der Waals surface area contributed by atoms with E-state index in [1.807, 2.05) is 6.07 Å². The number of hydrogen-bond acceptors (Lipinski definition) is 3. The average Bonchev–Trinajstić information content (AvgIpc) is 3.03. The monoisotopic (exact) mass is 343 g/mol. The Morgan fingerprint density at radius 3 is 2.60 bits per heavy atom. The summed E-state index contributed by atoms with van der Waals surface area (Å²) in [5, 5.41) is 3.13. The van der Waals surface area contributed by atoms with Gasteiger partial charge in [-0.15, -0.1) is 11.3 Å². The van der Waals surface area contributed by atoms with E-state index in [4.69, 9.17) is 6.57 Å². The molecular weight excluding hydrogens is 326 g/mol. The quantitative estimate of drug-likeness (QED) is 0.376. The first-order valence-corrected chi connectivity index (χ1v) is 8.94. The lowest BCUT2D eigenvalue weighted by Crippen LogP contribution is -2.12. The summed E-state index contributed by atoms with van der Waals surface area (Å²) in [4.78, 5) is 12.4. The van der Waals surface area contributed by atoms with Gasteiger partial charge in [-0.25, -0.2) is 14.8 Å². The molecule has 2 heterocycles. The van der Waals surface area contributed by atoms with Gasteiger partial charge < -0.3 is 0 Å². The van der Waals surface area contributed by atoms with Gasteiger partial charge in [0.1, 0.15) is 6.33 Å². The first-order chi connectivity index (χ1) is 12.0. The highest BCUT2D eigenvalue weighted by Crippen LogP contribution is 2.39. The van der Waals surface area contributed by atoms with E-state index in [0.717, 1.165) is 21.5 Å². The second-order valence-corrected chi connectivity index (χ2v) is 8.16. The number of benzene rings is 2. The zero-order valence-electron chi connectivity index (χ0n) is 14.4. The van der Waals surface area contributed by atoms with Gasteiger partial charge in [0, 0.05) is 5.56 Å². The summed E-state index contributed by atoms with van der Waals surface area (Å²) < 4.78 is 0.976. The van der Waals surface area contributed by atoms with Crippen LogP contribution in [0, 0.1) is 6.57 Å². The van der Waals surface area contributed by atoms with Crippen molar-refractivity contribution in [1.82, 2.24) is 9.97 Å². The lowest BCUT2D eigenvalue weighted by molar-refractivity contribution is 0.596. The van der Waals surface area contributed by atoms with Gasteiger partial charge in [0.2, 0.25) is 5.00 Å². The van der Waals surface area contributed by atoms with Crippen LogP contribution in [0.4, 0.5) is 5.00 Å². The molecule has 0 saturated carbocycles. The molecule has 0 spiro atoms. The minimum Gasteiger partial charge on any atom is -0.237 e. The molecule has 0 atom stereocenters.